The molecule has 2 unspecified atom stereocenters. The lowest BCUT2D eigenvalue weighted by Crippen LogP contribution is -2.35. The second-order valence-electron chi connectivity index (χ2n) is 10.8. The Labute approximate surface area is 266 Å². The summed E-state index contributed by atoms with van der Waals surface area (Å²) in [6.07, 6.45) is -1.38. The van der Waals surface area contributed by atoms with Crippen LogP contribution < -0.4 is 21.2 Å². The molecule has 0 saturated carbocycles. The van der Waals surface area contributed by atoms with Gasteiger partial charge in [0, 0.05) is 24.5 Å². The van der Waals surface area contributed by atoms with E-state index in [1.54, 1.807) is 38.1 Å². The number of rotatable bonds is 11. The van der Waals surface area contributed by atoms with E-state index in [9.17, 15) is 18.8 Å². The van der Waals surface area contributed by atoms with E-state index in [1.165, 1.54) is 18.2 Å². The van der Waals surface area contributed by atoms with Crippen molar-refractivity contribution in [1.29, 1.82) is 0 Å². The molecule has 0 bridgehead atoms. The molecule has 3 heterocycles. The number of aryl methyl sites for hydroxylation is 1. The van der Waals surface area contributed by atoms with Crippen molar-refractivity contribution in [2.45, 2.75) is 53.1 Å². The molecule has 1 aliphatic rings. The highest BCUT2D eigenvalue weighted by molar-refractivity contribution is 6.04. The van der Waals surface area contributed by atoms with Crippen LogP contribution >= 0.6 is 0 Å². The summed E-state index contributed by atoms with van der Waals surface area (Å²) in [5.74, 6) is -2.50. The average molecular weight is 637 g/mol. The van der Waals surface area contributed by atoms with E-state index in [0.717, 1.165) is 30.9 Å². The highest BCUT2D eigenvalue weighted by Crippen LogP contribution is 2.44. The first-order valence-corrected chi connectivity index (χ1v) is 15.3. The summed E-state index contributed by atoms with van der Waals surface area (Å²) < 4.78 is 20.1. The second-order valence-corrected chi connectivity index (χ2v) is 10.8. The maximum absolute atomic E-state index is 14.3. The third-order valence-electron chi connectivity index (χ3n) is 7.78. The fraction of sp³-hybridized carbons (Fsp3) is 0.406. The van der Waals surface area contributed by atoms with Crippen molar-refractivity contribution in [3.63, 3.8) is 0 Å². The Morgan fingerprint density at radius 2 is 1.87 bits per heavy atom. The van der Waals surface area contributed by atoms with Crippen molar-refractivity contribution in [2.24, 2.45) is 5.73 Å². The lowest BCUT2D eigenvalue weighted by atomic mass is 9.90. The fourth-order valence-electron chi connectivity index (χ4n) is 5.32. The number of carbonyl (C=O) groups excluding carboxylic acids is 3. The third-order valence-corrected chi connectivity index (χ3v) is 7.78. The van der Waals surface area contributed by atoms with E-state index in [1.807, 2.05) is 0 Å². The zero-order chi connectivity index (χ0) is 33.4. The molecule has 2 atom stereocenters. The van der Waals surface area contributed by atoms with E-state index in [0.29, 0.717) is 57.9 Å². The first-order chi connectivity index (χ1) is 22.1. The van der Waals surface area contributed by atoms with Crippen molar-refractivity contribution in [3.8, 4) is 0 Å². The van der Waals surface area contributed by atoms with Gasteiger partial charge in [-0.2, -0.15) is 0 Å². The summed E-state index contributed by atoms with van der Waals surface area (Å²) in [5, 5.41) is 13.4. The van der Waals surface area contributed by atoms with Gasteiger partial charge in [-0.05, 0) is 86.6 Å². The summed E-state index contributed by atoms with van der Waals surface area (Å²) in [5.41, 5.74) is 8.32. The molecule has 4 aromatic rings. The molecule has 0 saturated heterocycles. The van der Waals surface area contributed by atoms with Crippen LogP contribution in [0.3, 0.4) is 0 Å². The van der Waals surface area contributed by atoms with Crippen molar-refractivity contribution < 1.29 is 28.3 Å². The minimum absolute atomic E-state index is 0.305. The van der Waals surface area contributed by atoms with E-state index < -0.39 is 29.9 Å². The number of ether oxygens (including phenoxy) is 1. The van der Waals surface area contributed by atoms with Crippen LogP contribution in [-0.4, -0.2) is 75.7 Å². The Kier molecular flexibility index (Phi) is 11.4. The zero-order valence-corrected chi connectivity index (χ0v) is 26.7. The molecule has 13 nitrogen and oxygen atoms in total. The van der Waals surface area contributed by atoms with Gasteiger partial charge in [0.25, 0.3) is 5.91 Å². The molecule has 2 aromatic carbocycles. The van der Waals surface area contributed by atoms with E-state index in [4.69, 9.17) is 15.3 Å². The number of para-hydroxylation sites is 1. The highest BCUT2D eigenvalue weighted by atomic mass is 19.1. The predicted molar refractivity (Wildman–Crippen MR) is 171 cm³/mol. The molecule has 5 rings (SSSR count). The lowest BCUT2D eigenvalue weighted by Gasteiger charge is -2.22. The van der Waals surface area contributed by atoms with Gasteiger partial charge < -0.3 is 31.0 Å². The molecule has 246 valence electrons. The van der Waals surface area contributed by atoms with Crippen LogP contribution in [0.1, 0.15) is 72.1 Å². The summed E-state index contributed by atoms with van der Waals surface area (Å²) >= 11 is 0. The number of nitrogens with two attached hydrogens (primary N) is 1. The van der Waals surface area contributed by atoms with Gasteiger partial charge in [-0.25, -0.2) is 9.18 Å². The number of aromatic amines is 1. The maximum Gasteiger partial charge on any atom is 0.535 e. The molecule has 0 spiro atoms. The number of aromatic nitrogens is 4. The van der Waals surface area contributed by atoms with Gasteiger partial charge >= 0.3 is 6.16 Å². The van der Waals surface area contributed by atoms with E-state index >= 15 is 0 Å². The predicted octanol–water partition coefficient (Wildman–Crippen LogP) is 3.98. The Hall–Kier alpha value is -4.82. The van der Waals surface area contributed by atoms with Crippen LogP contribution in [-0.2, 0) is 9.53 Å². The highest BCUT2D eigenvalue weighted by Gasteiger charge is 2.43. The zero-order valence-electron chi connectivity index (χ0n) is 26.7. The Bertz CT molecular complexity index is 1680. The van der Waals surface area contributed by atoms with Crippen LogP contribution in [0.25, 0.3) is 11.0 Å². The first-order valence-electron chi connectivity index (χ1n) is 15.3. The van der Waals surface area contributed by atoms with Gasteiger partial charge in [0.05, 0.1) is 11.3 Å². The Balaban J connectivity index is 0.00000113. The number of hydrogen-bond acceptors (Lipinski definition) is 9. The normalized spacial score (nSPS) is 14.3. The fourth-order valence-corrected chi connectivity index (χ4v) is 5.32. The van der Waals surface area contributed by atoms with Crippen molar-refractivity contribution in [1.82, 2.24) is 30.4 Å². The van der Waals surface area contributed by atoms with Gasteiger partial charge in [-0.15, -0.1) is 5.10 Å². The molecule has 0 radical (unpaired) electrons. The molecule has 46 heavy (non-hydrogen) atoms. The number of amides is 2. The number of anilines is 1. The van der Waals surface area contributed by atoms with Crippen LogP contribution in [0.4, 0.5) is 14.9 Å². The first kappa shape index (κ1) is 34.1. The van der Waals surface area contributed by atoms with E-state index in [2.05, 4.69) is 51.6 Å². The van der Waals surface area contributed by atoms with Crippen molar-refractivity contribution >= 4 is 34.7 Å². The van der Waals surface area contributed by atoms with Gasteiger partial charge in [0.1, 0.15) is 22.8 Å². The van der Waals surface area contributed by atoms with Gasteiger partial charge in [0.15, 0.2) is 6.10 Å². The van der Waals surface area contributed by atoms with Crippen LogP contribution in [0.5, 0.6) is 0 Å². The molecule has 0 fully saturated rings. The summed E-state index contributed by atoms with van der Waals surface area (Å²) in [7, 11) is 0. The quantitative estimate of drug-likeness (QED) is 0.140. The SMILES string of the molecule is CCCN.CCN(CC)CCNC(=O)c1c(C)[nH]c(C(OC(=O)On2nnc3ccccc32)C2C(=O)Nc3ccc(F)cc32)c1C. The number of nitrogens with zero attached hydrogens (tertiary/aromatic N) is 4. The van der Waals surface area contributed by atoms with Gasteiger partial charge in [-0.1, -0.05) is 37.7 Å². The molecular weight excluding hydrogens is 595 g/mol. The average Bonchev–Trinajstić information content (AvgIpc) is 3.69. The number of halogens is 1. The minimum Gasteiger partial charge on any atom is -0.422 e. The summed E-state index contributed by atoms with van der Waals surface area (Å²) in [6.45, 7) is 13.3. The van der Waals surface area contributed by atoms with Crippen LogP contribution in [0, 0.1) is 19.7 Å². The number of nitrogens with one attached hydrogen (secondary N) is 3. The molecule has 1 aliphatic heterocycles. The van der Waals surface area contributed by atoms with Crippen LogP contribution in [0.15, 0.2) is 42.5 Å². The number of hydrogen-bond donors (Lipinski definition) is 4. The largest absolute Gasteiger partial charge is 0.535 e. The standard InChI is InChI=1S/C29H32FN7O5.C3H9N/c1-5-36(6-2)14-13-31-27(38)23-16(3)25(32-17(23)4)26(24-19-15-18(30)11-12-20(19)33-28(24)39)41-29(40)42-37-22-10-8-7-9-21(22)34-35-37;1-2-3-4/h7-12,15,24,26,32H,5-6,13-14H2,1-4H3,(H,31,38)(H,33,39);2-4H2,1H3. The third kappa shape index (κ3) is 7.51. The monoisotopic (exact) mass is 636 g/mol. The summed E-state index contributed by atoms with van der Waals surface area (Å²) in [4.78, 5) is 51.2. The van der Waals surface area contributed by atoms with Gasteiger partial charge in [0.2, 0.25) is 5.91 Å². The number of benzene rings is 2. The number of H-pyrrole nitrogens is 1. The number of likely N-dealkylation sites (N-methyl/N-ethyl adjacent to an activating group) is 1. The Morgan fingerprint density at radius 1 is 1.15 bits per heavy atom. The topological polar surface area (TPSA) is 169 Å². The van der Waals surface area contributed by atoms with Gasteiger partial charge in [-0.3, -0.25) is 14.4 Å². The maximum atomic E-state index is 14.3. The number of carbonyl (C=O) groups is 3. The molecule has 2 amide bonds. The molecular formula is C32H41FN8O5. The van der Waals surface area contributed by atoms with E-state index in [-0.39, 0.29) is 5.91 Å². The molecule has 5 N–H and O–H groups in total. The minimum atomic E-state index is -1.30. The molecule has 2 aromatic heterocycles. The summed E-state index contributed by atoms with van der Waals surface area (Å²) in [6, 6.07) is 10.7. The van der Waals surface area contributed by atoms with Crippen LogP contribution in [0.2, 0.25) is 0 Å². The lowest BCUT2D eigenvalue weighted by molar-refractivity contribution is -0.120. The Morgan fingerprint density at radius 3 is 2.57 bits per heavy atom. The van der Waals surface area contributed by atoms with Crippen molar-refractivity contribution in [3.05, 3.63) is 76.4 Å². The smallest absolute Gasteiger partial charge is 0.422 e. The second kappa shape index (κ2) is 15.5. The number of fused-ring (bicyclic) bond motifs is 2. The van der Waals surface area contributed by atoms with Crippen molar-refractivity contribution in [2.75, 3.05) is 38.0 Å². The molecule has 0 aliphatic carbocycles. The molecule has 14 heteroatoms.